The third kappa shape index (κ3) is 6.03. The Morgan fingerprint density at radius 3 is 2.45 bits per heavy atom. The molecule has 38 heavy (non-hydrogen) atoms. The summed E-state index contributed by atoms with van der Waals surface area (Å²) in [6.45, 7) is 0.223. The van der Waals surface area contributed by atoms with E-state index in [0.717, 1.165) is 26.5 Å². The molecule has 190 valence electrons. The number of hydrogen-bond acceptors (Lipinski definition) is 6. The van der Waals surface area contributed by atoms with Crippen LogP contribution in [0.3, 0.4) is 0 Å². The van der Waals surface area contributed by atoms with E-state index in [1.165, 1.54) is 12.1 Å². The number of sulfonamides is 1. The number of primary sulfonamides is 1. The molecular formula is C28H21ClN4O3S2. The number of benzene rings is 4. The highest BCUT2D eigenvalue weighted by Crippen LogP contribution is 2.40. The quantitative estimate of drug-likeness (QED) is 0.310. The van der Waals surface area contributed by atoms with E-state index in [1.807, 2.05) is 42.5 Å². The maximum Gasteiger partial charge on any atom is 0.251 e. The van der Waals surface area contributed by atoms with E-state index in [9.17, 15) is 13.2 Å². The van der Waals surface area contributed by atoms with Crippen molar-refractivity contribution in [3.05, 3.63) is 118 Å². The van der Waals surface area contributed by atoms with Gasteiger partial charge in [-0.25, -0.2) is 23.5 Å². The highest BCUT2D eigenvalue weighted by molar-refractivity contribution is 7.99. The van der Waals surface area contributed by atoms with Gasteiger partial charge in [0.05, 0.1) is 10.6 Å². The molecule has 0 saturated carbocycles. The number of carbonyl (C=O) groups excluding carboxylic acids is 1. The molecule has 0 bridgehead atoms. The van der Waals surface area contributed by atoms with Crippen molar-refractivity contribution in [3.63, 3.8) is 0 Å². The van der Waals surface area contributed by atoms with Crippen LogP contribution >= 0.6 is 23.4 Å². The average molecular weight is 561 g/mol. The van der Waals surface area contributed by atoms with Gasteiger partial charge in [-0.1, -0.05) is 65.8 Å². The molecule has 0 aromatic heterocycles. The Morgan fingerprint density at radius 2 is 1.71 bits per heavy atom. The SMILES string of the molecule is NS(=O)(=O)c1ccc(CNC(=O)c2ccc3c(c2)N=C(N=Cc2ccc(Cl)cc2)c2ccccc2S3)cc1. The zero-order valence-electron chi connectivity index (χ0n) is 19.8. The van der Waals surface area contributed by atoms with Crippen molar-refractivity contribution in [1.29, 1.82) is 0 Å². The number of aliphatic imine (C=N–C) groups is 2. The Morgan fingerprint density at radius 1 is 0.974 bits per heavy atom. The Hall–Kier alpha value is -3.76. The van der Waals surface area contributed by atoms with E-state index < -0.39 is 10.0 Å². The Bertz CT molecular complexity index is 1680. The van der Waals surface area contributed by atoms with Crippen LogP contribution in [-0.2, 0) is 16.6 Å². The number of nitrogens with zero attached hydrogens (tertiary/aromatic N) is 2. The third-order valence-corrected chi connectivity index (χ3v) is 8.03. The largest absolute Gasteiger partial charge is 0.348 e. The molecule has 5 rings (SSSR count). The molecule has 0 fully saturated rings. The maximum atomic E-state index is 12.9. The molecule has 0 aliphatic carbocycles. The summed E-state index contributed by atoms with van der Waals surface area (Å²) in [5.41, 5.74) is 3.61. The molecule has 1 aliphatic rings. The molecule has 0 radical (unpaired) electrons. The molecule has 1 amide bonds. The number of amidine groups is 1. The van der Waals surface area contributed by atoms with Crippen LogP contribution in [0.4, 0.5) is 5.69 Å². The minimum Gasteiger partial charge on any atom is -0.348 e. The maximum absolute atomic E-state index is 12.9. The van der Waals surface area contributed by atoms with Gasteiger partial charge >= 0.3 is 0 Å². The highest BCUT2D eigenvalue weighted by atomic mass is 35.5. The number of rotatable bonds is 5. The second kappa shape index (κ2) is 10.9. The van der Waals surface area contributed by atoms with Crippen LogP contribution in [0.5, 0.6) is 0 Å². The first-order chi connectivity index (χ1) is 18.3. The smallest absolute Gasteiger partial charge is 0.251 e. The van der Waals surface area contributed by atoms with Gasteiger partial charge in [-0.05, 0) is 59.7 Å². The topological polar surface area (TPSA) is 114 Å². The second-order valence-corrected chi connectivity index (χ2v) is 11.5. The second-order valence-electron chi connectivity index (χ2n) is 8.40. The fraction of sp³-hybridized carbons (Fsp3) is 0.0357. The number of amides is 1. The highest BCUT2D eigenvalue weighted by Gasteiger charge is 2.18. The van der Waals surface area contributed by atoms with Gasteiger partial charge in [0.25, 0.3) is 5.91 Å². The van der Waals surface area contributed by atoms with Gasteiger partial charge in [0.2, 0.25) is 10.0 Å². The number of carbonyl (C=O) groups is 1. The molecule has 10 heteroatoms. The van der Waals surface area contributed by atoms with Crippen molar-refractivity contribution >= 4 is 57.0 Å². The van der Waals surface area contributed by atoms with Crippen LogP contribution < -0.4 is 10.5 Å². The first kappa shape index (κ1) is 25.9. The summed E-state index contributed by atoms with van der Waals surface area (Å²) in [5.74, 6) is 0.255. The Labute approximate surface area is 229 Å². The van der Waals surface area contributed by atoms with Gasteiger partial charge in [-0.2, -0.15) is 0 Å². The molecular weight excluding hydrogens is 540 g/mol. The normalized spacial score (nSPS) is 12.8. The van der Waals surface area contributed by atoms with Crippen LogP contribution in [0, 0.1) is 0 Å². The summed E-state index contributed by atoms with van der Waals surface area (Å²) in [6, 6.07) is 26.7. The van der Waals surface area contributed by atoms with E-state index in [4.69, 9.17) is 21.7 Å². The fourth-order valence-electron chi connectivity index (χ4n) is 3.73. The predicted molar refractivity (Wildman–Crippen MR) is 151 cm³/mol. The zero-order valence-corrected chi connectivity index (χ0v) is 22.2. The monoisotopic (exact) mass is 560 g/mol. The lowest BCUT2D eigenvalue weighted by atomic mass is 10.1. The van der Waals surface area contributed by atoms with E-state index in [2.05, 4.69) is 10.3 Å². The van der Waals surface area contributed by atoms with E-state index in [0.29, 0.717) is 22.1 Å². The molecule has 0 spiro atoms. The van der Waals surface area contributed by atoms with Gasteiger partial charge in [0.15, 0.2) is 5.84 Å². The molecule has 4 aromatic rings. The lowest BCUT2D eigenvalue weighted by molar-refractivity contribution is 0.0951. The van der Waals surface area contributed by atoms with Crippen LogP contribution in [-0.4, -0.2) is 26.4 Å². The third-order valence-electron chi connectivity index (χ3n) is 5.71. The Kier molecular flexibility index (Phi) is 7.44. The van der Waals surface area contributed by atoms with Crippen molar-refractivity contribution in [1.82, 2.24) is 5.32 Å². The lowest BCUT2D eigenvalue weighted by Crippen LogP contribution is -2.22. The number of nitrogens with two attached hydrogens (primary N) is 1. The van der Waals surface area contributed by atoms with E-state index in [1.54, 1.807) is 54.4 Å². The summed E-state index contributed by atoms with van der Waals surface area (Å²) >= 11 is 7.56. The van der Waals surface area contributed by atoms with Gasteiger partial charge in [0, 0.05) is 38.7 Å². The van der Waals surface area contributed by atoms with Gasteiger partial charge in [0.1, 0.15) is 0 Å². The molecule has 0 atom stereocenters. The minimum absolute atomic E-state index is 0.0178. The van der Waals surface area contributed by atoms with Crippen molar-refractivity contribution in [2.45, 2.75) is 21.2 Å². The molecule has 7 nitrogen and oxygen atoms in total. The number of hydrogen-bond donors (Lipinski definition) is 2. The summed E-state index contributed by atoms with van der Waals surface area (Å²) in [5, 5.41) is 8.65. The van der Waals surface area contributed by atoms with Crippen LogP contribution in [0.15, 0.2) is 116 Å². The molecule has 1 aliphatic heterocycles. The molecule has 3 N–H and O–H groups in total. The first-order valence-electron chi connectivity index (χ1n) is 11.5. The van der Waals surface area contributed by atoms with Gasteiger partial charge in [-0.15, -0.1) is 0 Å². The summed E-state index contributed by atoms with van der Waals surface area (Å²) in [6.07, 6.45) is 1.74. The van der Waals surface area contributed by atoms with Crippen LogP contribution in [0.2, 0.25) is 5.02 Å². The van der Waals surface area contributed by atoms with Crippen LogP contribution in [0.1, 0.15) is 27.0 Å². The summed E-state index contributed by atoms with van der Waals surface area (Å²) in [7, 11) is -3.77. The van der Waals surface area contributed by atoms with Crippen LogP contribution in [0.25, 0.3) is 0 Å². The van der Waals surface area contributed by atoms with Crippen molar-refractivity contribution in [2.24, 2.45) is 15.1 Å². The molecule has 1 heterocycles. The number of halogens is 1. The predicted octanol–water partition coefficient (Wildman–Crippen LogP) is 5.58. The van der Waals surface area contributed by atoms with E-state index >= 15 is 0 Å². The van der Waals surface area contributed by atoms with Crippen molar-refractivity contribution in [2.75, 3.05) is 0 Å². The fourth-order valence-corrected chi connectivity index (χ4v) is 5.37. The molecule has 0 saturated heterocycles. The van der Waals surface area contributed by atoms with E-state index in [-0.39, 0.29) is 17.3 Å². The Balaban J connectivity index is 1.40. The summed E-state index contributed by atoms with van der Waals surface area (Å²) < 4.78 is 22.9. The zero-order chi connectivity index (χ0) is 26.7. The number of fused-ring (bicyclic) bond motifs is 2. The van der Waals surface area contributed by atoms with Gasteiger partial charge < -0.3 is 5.32 Å². The molecule has 4 aromatic carbocycles. The van der Waals surface area contributed by atoms with Crippen molar-refractivity contribution in [3.8, 4) is 0 Å². The minimum atomic E-state index is -3.77. The standard InChI is InChI=1S/C28H21ClN4O3S2/c29-21-10-5-18(6-11-21)16-31-27-23-3-1-2-4-25(23)37-26-14-9-20(15-24(26)33-27)28(34)32-17-19-7-12-22(13-8-19)38(30,35)36/h1-16H,17H2,(H,32,34)(H2,30,35,36). The number of nitrogens with one attached hydrogen (secondary N) is 1. The average Bonchev–Trinajstić information content (AvgIpc) is 3.07. The molecule has 0 unspecified atom stereocenters. The lowest BCUT2D eigenvalue weighted by Gasteiger charge is -2.09. The summed E-state index contributed by atoms with van der Waals surface area (Å²) in [4.78, 5) is 24.4. The van der Waals surface area contributed by atoms with Crippen molar-refractivity contribution < 1.29 is 13.2 Å². The van der Waals surface area contributed by atoms with Gasteiger partial charge in [-0.3, -0.25) is 4.79 Å². The first-order valence-corrected chi connectivity index (χ1v) is 14.2.